The fraction of sp³-hybridized carbons (Fsp3) is 0.615. The molecule has 4 nitrogen and oxygen atoms in total. The zero-order valence-electron chi connectivity index (χ0n) is 10.2. The quantitative estimate of drug-likeness (QED) is 0.927. The first-order valence-electron chi connectivity index (χ1n) is 6.49. The smallest absolute Gasteiger partial charge is 0.255 e. The van der Waals surface area contributed by atoms with E-state index in [4.69, 9.17) is 4.42 Å². The largest absolute Gasteiger partial charge is 0.457 e. The number of rotatable bonds is 4. The van der Waals surface area contributed by atoms with E-state index in [9.17, 15) is 4.79 Å². The van der Waals surface area contributed by atoms with Crippen LogP contribution in [-0.2, 0) is 0 Å². The molecule has 18 heavy (non-hydrogen) atoms. The number of hydrogen-bond donors (Lipinski definition) is 1. The third-order valence-corrected chi connectivity index (χ3v) is 4.41. The van der Waals surface area contributed by atoms with Gasteiger partial charge in [0, 0.05) is 19.1 Å². The van der Waals surface area contributed by atoms with Crippen molar-refractivity contribution < 1.29 is 9.21 Å². The molecule has 3 rings (SSSR count). The second-order valence-corrected chi connectivity index (χ2v) is 5.92. The van der Waals surface area contributed by atoms with Gasteiger partial charge in [-0.05, 0) is 53.7 Å². The molecule has 2 fully saturated rings. The van der Waals surface area contributed by atoms with Crippen molar-refractivity contribution in [3.63, 3.8) is 0 Å². The van der Waals surface area contributed by atoms with Crippen molar-refractivity contribution in [2.45, 2.75) is 25.3 Å². The topological polar surface area (TPSA) is 45.5 Å². The highest BCUT2D eigenvalue weighted by atomic mass is 79.9. The van der Waals surface area contributed by atoms with Crippen LogP contribution in [0, 0.1) is 5.92 Å². The monoisotopic (exact) mass is 312 g/mol. The van der Waals surface area contributed by atoms with Crippen molar-refractivity contribution in [3.8, 4) is 0 Å². The number of furan rings is 1. The van der Waals surface area contributed by atoms with E-state index in [0.717, 1.165) is 19.1 Å². The number of carbonyl (C=O) groups excluding carboxylic acids is 1. The Morgan fingerprint density at radius 1 is 1.50 bits per heavy atom. The third kappa shape index (κ3) is 2.62. The first-order valence-corrected chi connectivity index (χ1v) is 7.28. The molecule has 98 valence electrons. The standard InChI is InChI=1S/C13H17BrN2O2/c14-12-11(4-6-18-12)13(17)15-7-9-3-5-16(8-9)10-1-2-10/h4,6,9-10H,1-3,5,7-8H2,(H,15,17). The van der Waals surface area contributed by atoms with Crippen LogP contribution < -0.4 is 5.32 Å². The second-order valence-electron chi connectivity index (χ2n) is 5.20. The van der Waals surface area contributed by atoms with E-state index >= 15 is 0 Å². The Morgan fingerprint density at radius 3 is 3.00 bits per heavy atom. The highest BCUT2D eigenvalue weighted by Gasteiger charge is 2.34. The molecule has 1 saturated carbocycles. The van der Waals surface area contributed by atoms with E-state index in [-0.39, 0.29) is 5.91 Å². The Kier molecular flexibility index (Phi) is 3.43. The Balaban J connectivity index is 1.47. The Morgan fingerprint density at radius 2 is 2.33 bits per heavy atom. The molecule has 2 aliphatic rings. The van der Waals surface area contributed by atoms with Gasteiger partial charge in [0.05, 0.1) is 11.8 Å². The average Bonchev–Trinajstić information content (AvgIpc) is 2.95. The maximum Gasteiger partial charge on any atom is 0.255 e. The van der Waals surface area contributed by atoms with Gasteiger partial charge >= 0.3 is 0 Å². The van der Waals surface area contributed by atoms with E-state index in [1.807, 2.05) is 0 Å². The number of likely N-dealkylation sites (tertiary alicyclic amines) is 1. The van der Waals surface area contributed by atoms with Gasteiger partial charge in [-0.15, -0.1) is 0 Å². The van der Waals surface area contributed by atoms with Crippen LogP contribution in [0.15, 0.2) is 21.4 Å². The summed E-state index contributed by atoms with van der Waals surface area (Å²) in [5, 5.41) is 2.99. The Hall–Kier alpha value is -0.810. The lowest BCUT2D eigenvalue weighted by atomic mass is 10.1. The highest BCUT2D eigenvalue weighted by molar-refractivity contribution is 9.10. The van der Waals surface area contributed by atoms with Gasteiger partial charge in [0.1, 0.15) is 0 Å². The highest BCUT2D eigenvalue weighted by Crippen LogP contribution is 2.31. The predicted octanol–water partition coefficient (Wildman–Crippen LogP) is 2.26. The van der Waals surface area contributed by atoms with Crippen LogP contribution >= 0.6 is 15.9 Å². The number of nitrogens with zero attached hydrogens (tertiary/aromatic N) is 1. The fourth-order valence-corrected chi connectivity index (χ4v) is 3.01. The summed E-state index contributed by atoms with van der Waals surface area (Å²) < 4.78 is 5.57. The number of hydrogen-bond acceptors (Lipinski definition) is 3. The molecule has 1 unspecified atom stereocenters. The number of amides is 1. The maximum atomic E-state index is 11.9. The molecule has 1 atom stereocenters. The van der Waals surface area contributed by atoms with Crippen molar-refractivity contribution in [1.82, 2.24) is 10.2 Å². The molecule has 0 spiro atoms. The minimum atomic E-state index is -0.0551. The summed E-state index contributed by atoms with van der Waals surface area (Å²) >= 11 is 3.22. The zero-order chi connectivity index (χ0) is 12.5. The minimum absolute atomic E-state index is 0.0551. The molecule has 0 bridgehead atoms. The van der Waals surface area contributed by atoms with Crippen LogP contribution in [0.2, 0.25) is 0 Å². The van der Waals surface area contributed by atoms with Crippen molar-refractivity contribution in [2.24, 2.45) is 5.92 Å². The zero-order valence-corrected chi connectivity index (χ0v) is 11.8. The summed E-state index contributed by atoms with van der Waals surface area (Å²) in [6.07, 6.45) is 5.44. The molecule has 1 aromatic rings. The summed E-state index contributed by atoms with van der Waals surface area (Å²) in [5.41, 5.74) is 0.576. The predicted molar refractivity (Wildman–Crippen MR) is 71.4 cm³/mol. The van der Waals surface area contributed by atoms with Crippen molar-refractivity contribution in [1.29, 1.82) is 0 Å². The summed E-state index contributed by atoms with van der Waals surface area (Å²) in [5.74, 6) is 0.542. The summed E-state index contributed by atoms with van der Waals surface area (Å²) in [7, 11) is 0. The van der Waals surface area contributed by atoms with Gasteiger partial charge in [0.2, 0.25) is 0 Å². The van der Waals surface area contributed by atoms with Crippen LogP contribution in [0.3, 0.4) is 0 Å². The molecule has 0 aromatic carbocycles. The lowest BCUT2D eigenvalue weighted by Crippen LogP contribution is -2.31. The van der Waals surface area contributed by atoms with Gasteiger partial charge in [0.15, 0.2) is 4.67 Å². The van der Waals surface area contributed by atoms with Gasteiger partial charge in [-0.25, -0.2) is 0 Å². The third-order valence-electron chi connectivity index (χ3n) is 3.79. The van der Waals surface area contributed by atoms with Gasteiger partial charge in [-0.3, -0.25) is 4.79 Å². The molecule has 0 radical (unpaired) electrons. The van der Waals surface area contributed by atoms with Gasteiger partial charge in [0.25, 0.3) is 5.91 Å². The van der Waals surface area contributed by atoms with E-state index < -0.39 is 0 Å². The molecular weight excluding hydrogens is 296 g/mol. The molecule has 5 heteroatoms. The minimum Gasteiger partial charge on any atom is -0.457 e. The molecule has 1 amide bonds. The van der Waals surface area contributed by atoms with Crippen LogP contribution in [-0.4, -0.2) is 36.5 Å². The number of nitrogens with one attached hydrogen (secondary N) is 1. The van der Waals surface area contributed by atoms with Crippen molar-refractivity contribution >= 4 is 21.8 Å². The molecule has 1 aromatic heterocycles. The van der Waals surface area contributed by atoms with E-state index in [2.05, 4.69) is 26.1 Å². The molecular formula is C13H17BrN2O2. The molecule has 1 N–H and O–H groups in total. The van der Waals surface area contributed by atoms with E-state index in [1.165, 1.54) is 32.1 Å². The Labute approximate surface area is 115 Å². The van der Waals surface area contributed by atoms with Crippen LogP contribution in [0.1, 0.15) is 29.6 Å². The number of carbonyl (C=O) groups is 1. The van der Waals surface area contributed by atoms with Crippen molar-refractivity contribution in [2.75, 3.05) is 19.6 Å². The van der Waals surface area contributed by atoms with Crippen LogP contribution in [0.25, 0.3) is 0 Å². The summed E-state index contributed by atoms with van der Waals surface area (Å²) in [6.45, 7) is 3.10. The normalized spacial score (nSPS) is 24.4. The fourth-order valence-electron chi connectivity index (χ4n) is 2.59. The SMILES string of the molecule is O=C(NCC1CCN(C2CC2)C1)c1ccoc1Br. The first kappa shape index (κ1) is 12.2. The maximum absolute atomic E-state index is 11.9. The molecule has 1 saturated heterocycles. The lowest BCUT2D eigenvalue weighted by molar-refractivity contribution is 0.0945. The van der Waals surface area contributed by atoms with E-state index in [0.29, 0.717) is 16.2 Å². The number of halogens is 1. The first-order chi connectivity index (χ1) is 8.74. The van der Waals surface area contributed by atoms with E-state index in [1.54, 1.807) is 6.07 Å². The Bertz CT molecular complexity index is 442. The second kappa shape index (κ2) is 5.05. The average molecular weight is 313 g/mol. The molecule has 1 aliphatic heterocycles. The van der Waals surface area contributed by atoms with Gasteiger partial charge < -0.3 is 14.6 Å². The lowest BCUT2D eigenvalue weighted by Gasteiger charge is -2.15. The summed E-state index contributed by atoms with van der Waals surface area (Å²) in [4.78, 5) is 14.5. The summed E-state index contributed by atoms with van der Waals surface area (Å²) in [6, 6.07) is 2.53. The molecule has 2 heterocycles. The van der Waals surface area contributed by atoms with Gasteiger partial charge in [-0.2, -0.15) is 0 Å². The van der Waals surface area contributed by atoms with Crippen molar-refractivity contribution in [3.05, 3.63) is 22.6 Å². The van der Waals surface area contributed by atoms with Crippen LogP contribution in [0.5, 0.6) is 0 Å². The van der Waals surface area contributed by atoms with Crippen LogP contribution in [0.4, 0.5) is 0 Å². The van der Waals surface area contributed by atoms with Gasteiger partial charge in [-0.1, -0.05) is 0 Å². The molecule has 1 aliphatic carbocycles.